The number of alkyl halides is 1. The first-order valence-electron chi connectivity index (χ1n) is 11.4. The Bertz CT molecular complexity index is 1180. The number of piperazine rings is 1. The first-order valence-corrected chi connectivity index (χ1v) is 12.3. The molecule has 1 fully saturated rings. The lowest BCUT2D eigenvalue weighted by Gasteiger charge is -2.38. The summed E-state index contributed by atoms with van der Waals surface area (Å²) in [5, 5.41) is 0.666. The Hall–Kier alpha value is -2.76. The van der Waals surface area contributed by atoms with Crippen LogP contribution in [0.3, 0.4) is 0 Å². The minimum atomic E-state index is -0.606. The molecule has 1 aliphatic rings. The van der Waals surface area contributed by atoms with Gasteiger partial charge in [-0.25, -0.2) is 0 Å². The van der Waals surface area contributed by atoms with Gasteiger partial charge in [0.15, 0.2) is 0 Å². The van der Waals surface area contributed by atoms with E-state index in [-0.39, 0.29) is 17.7 Å². The van der Waals surface area contributed by atoms with Crippen LogP contribution in [0.2, 0.25) is 5.02 Å². The van der Waals surface area contributed by atoms with Crippen LogP contribution in [0.1, 0.15) is 29.9 Å². The van der Waals surface area contributed by atoms with Crippen LogP contribution < -0.4 is 0 Å². The summed E-state index contributed by atoms with van der Waals surface area (Å²) in [6, 6.07) is 19.6. The molecule has 5 nitrogen and oxygen atoms in total. The molecule has 7 heteroatoms. The molecule has 1 saturated heterocycles. The second-order valence-electron chi connectivity index (χ2n) is 9.31. The Morgan fingerprint density at radius 1 is 0.912 bits per heavy atom. The summed E-state index contributed by atoms with van der Waals surface area (Å²) >= 11 is 12.1. The molecule has 0 saturated carbocycles. The molecule has 0 aliphatic carbocycles. The van der Waals surface area contributed by atoms with Crippen molar-refractivity contribution in [3.8, 4) is 16.9 Å². The van der Waals surface area contributed by atoms with Crippen molar-refractivity contribution >= 4 is 35.0 Å². The lowest BCUT2D eigenvalue weighted by Crippen LogP contribution is -2.53. The van der Waals surface area contributed by atoms with E-state index in [4.69, 9.17) is 23.2 Å². The summed E-state index contributed by atoms with van der Waals surface area (Å²) in [6.07, 6.45) is 0. The number of para-hydroxylation sites is 1. The molecule has 0 N–H and O–H groups in total. The maximum Gasteiger partial charge on any atom is 0.255 e. The summed E-state index contributed by atoms with van der Waals surface area (Å²) in [6.45, 7) is 7.69. The second-order valence-corrected chi connectivity index (χ2v) is 10.0. The van der Waals surface area contributed by atoms with Gasteiger partial charge in [-0.15, -0.1) is 11.6 Å². The molecule has 3 aromatic rings. The van der Waals surface area contributed by atoms with Crippen LogP contribution in [-0.2, 0) is 4.79 Å². The molecule has 1 aliphatic heterocycles. The van der Waals surface area contributed by atoms with Crippen LogP contribution >= 0.6 is 23.2 Å². The van der Waals surface area contributed by atoms with Gasteiger partial charge in [-0.3, -0.25) is 9.59 Å². The van der Waals surface area contributed by atoms with Gasteiger partial charge in [-0.05, 0) is 56.7 Å². The largest absolute Gasteiger partial charge is 0.339 e. The van der Waals surface area contributed by atoms with Gasteiger partial charge < -0.3 is 14.4 Å². The molecule has 0 unspecified atom stereocenters. The molecule has 34 heavy (non-hydrogen) atoms. The molecule has 1 aromatic heterocycles. The molecule has 0 atom stereocenters. The first kappa shape index (κ1) is 24.4. The zero-order valence-electron chi connectivity index (χ0n) is 19.7. The molecule has 2 heterocycles. The van der Waals surface area contributed by atoms with Crippen LogP contribution in [0.25, 0.3) is 16.9 Å². The lowest BCUT2D eigenvalue weighted by molar-refractivity contribution is -0.140. The van der Waals surface area contributed by atoms with Crippen molar-refractivity contribution in [2.45, 2.75) is 20.8 Å². The first-order chi connectivity index (χ1) is 16.2. The van der Waals surface area contributed by atoms with E-state index in [1.54, 1.807) is 0 Å². The third kappa shape index (κ3) is 4.73. The molecule has 178 valence electrons. The van der Waals surface area contributed by atoms with Crippen molar-refractivity contribution in [3.05, 3.63) is 76.9 Å². The Morgan fingerprint density at radius 2 is 1.50 bits per heavy atom. The molecular weight excluding hydrogens is 469 g/mol. The predicted molar refractivity (Wildman–Crippen MR) is 138 cm³/mol. The molecule has 0 spiro atoms. The van der Waals surface area contributed by atoms with Gasteiger partial charge in [0.05, 0.1) is 16.7 Å². The Labute approximate surface area is 210 Å². The van der Waals surface area contributed by atoms with E-state index in [1.165, 1.54) is 0 Å². The predicted octanol–water partition coefficient (Wildman–Crippen LogP) is 5.66. The van der Waals surface area contributed by atoms with Crippen LogP contribution in [0.4, 0.5) is 0 Å². The van der Waals surface area contributed by atoms with Crippen molar-refractivity contribution in [1.82, 2.24) is 14.4 Å². The monoisotopic (exact) mass is 497 g/mol. The van der Waals surface area contributed by atoms with Crippen molar-refractivity contribution in [2.75, 3.05) is 32.1 Å². The summed E-state index contributed by atoms with van der Waals surface area (Å²) in [5.74, 6) is 0.280. The number of carbonyl (C=O) groups excluding carboxylic acids is 2. The number of carbonyl (C=O) groups is 2. The number of halogens is 2. The quantitative estimate of drug-likeness (QED) is 0.427. The van der Waals surface area contributed by atoms with Gasteiger partial charge in [-0.1, -0.05) is 41.9 Å². The average Bonchev–Trinajstić information content (AvgIpc) is 3.21. The topological polar surface area (TPSA) is 45.6 Å². The molecule has 0 radical (unpaired) electrons. The Balaban J connectivity index is 1.63. The number of aromatic nitrogens is 1. The van der Waals surface area contributed by atoms with Gasteiger partial charge in [0.1, 0.15) is 0 Å². The van der Waals surface area contributed by atoms with Gasteiger partial charge in [0.25, 0.3) is 5.91 Å². The molecule has 2 aromatic carbocycles. The maximum absolute atomic E-state index is 13.6. The summed E-state index contributed by atoms with van der Waals surface area (Å²) in [5.41, 5.74) is 3.83. The van der Waals surface area contributed by atoms with Crippen molar-refractivity contribution in [2.24, 2.45) is 5.41 Å². The number of amides is 2. The lowest BCUT2D eigenvalue weighted by atomic mass is 9.94. The smallest absolute Gasteiger partial charge is 0.255 e. The fraction of sp³-hybridized carbons (Fsp3) is 0.333. The molecule has 2 amide bonds. The number of nitrogens with zero attached hydrogens (tertiary/aromatic N) is 3. The third-order valence-electron chi connectivity index (χ3n) is 6.40. The van der Waals surface area contributed by atoms with Gasteiger partial charge in [0.2, 0.25) is 5.91 Å². The highest BCUT2D eigenvalue weighted by Crippen LogP contribution is 2.31. The van der Waals surface area contributed by atoms with E-state index in [2.05, 4.69) is 4.57 Å². The van der Waals surface area contributed by atoms with Crippen molar-refractivity contribution in [3.63, 3.8) is 0 Å². The maximum atomic E-state index is 13.6. The summed E-state index contributed by atoms with van der Waals surface area (Å²) in [7, 11) is 0. The van der Waals surface area contributed by atoms with Crippen molar-refractivity contribution in [1.29, 1.82) is 0 Å². The Kier molecular flexibility index (Phi) is 7.06. The minimum Gasteiger partial charge on any atom is -0.339 e. The minimum absolute atomic E-state index is 0.0221. The van der Waals surface area contributed by atoms with E-state index >= 15 is 0 Å². The molecule has 4 rings (SSSR count). The highest BCUT2D eigenvalue weighted by Gasteiger charge is 2.34. The fourth-order valence-electron chi connectivity index (χ4n) is 4.33. The van der Waals surface area contributed by atoms with Crippen LogP contribution in [-0.4, -0.2) is 58.2 Å². The number of benzene rings is 2. The van der Waals surface area contributed by atoms with E-state index < -0.39 is 5.41 Å². The second kappa shape index (κ2) is 9.85. The SMILES string of the molecule is Cc1c(C(=O)N2CCN(C(=O)C(C)(C)CCl)CC2)cc(-c2ccc(Cl)cc2)n1-c1ccccc1. The zero-order valence-corrected chi connectivity index (χ0v) is 21.2. The van der Waals surface area contributed by atoms with E-state index in [0.29, 0.717) is 36.8 Å². The van der Waals surface area contributed by atoms with Gasteiger partial charge >= 0.3 is 0 Å². The third-order valence-corrected chi connectivity index (χ3v) is 7.32. The van der Waals surface area contributed by atoms with E-state index in [9.17, 15) is 9.59 Å². The number of rotatable bonds is 5. The van der Waals surface area contributed by atoms with Crippen LogP contribution in [0.5, 0.6) is 0 Å². The van der Waals surface area contributed by atoms with Crippen LogP contribution in [0, 0.1) is 12.3 Å². The van der Waals surface area contributed by atoms with Crippen LogP contribution in [0.15, 0.2) is 60.7 Å². The van der Waals surface area contributed by atoms with Gasteiger partial charge in [0, 0.05) is 48.5 Å². The van der Waals surface area contributed by atoms with E-state index in [0.717, 1.165) is 22.6 Å². The number of hydrogen-bond acceptors (Lipinski definition) is 2. The Morgan fingerprint density at radius 3 is 2.09 bits per heavy atom. The highest BCUT2D eigenvalue weighted by atomic mass is 35.5. The fourth-order valence-corrected chi connectivity index (χ4v) is 4.57. The molecular formula is C27H29Cl2N3O2. The molecule has 0 bridgehead atoms. The average molecular weight is 498 g/mol. The standard InChI is InChI=1S/C27H29Cl2N3O2/c1-19-23(25(33)30-13-15-31(16-14-30)26(34)27(2,3)18-28)17-24(20-9-11-21(29)12-10-20)32(19)22-7-5-4-6-8-22/h4-12,17H,13-16,18H2,1-3H3. The van der Waals surface area contributed by atoms with E-state index in [1.807, 2.05) is 91.2 Å². The summed E-state index contributed by atoms with van der Waals surface area (Å²) in [4.78, 5) is 30.0. The summed E-state index contributed by atoms with van der Waals surface area (Å²) < 4.78 is 2.11. The highest BCUT2D eigenvalue weighted by molar-refractivity contribution is 6.30. The zero-order chi connectivity index (χ0) is 24.5. The van der Waals surface area contributed by atoms with Crippen molar-refractivity contribution < 1.29 is 9.59 Å². The number of hydrogen-bond donors (Lipinski definition) is 0. The van der Waals surface area contributed by atoms with Gasteiger partial charge in [-0.2, -0.15) is 0 Å². The normalized spacial score (nSPS) is 14.4.